The summed E-state index contributed by atoms with van der Waals surface area (Å²) < 4.78 is 5.57. The molecule has 5 nitrogen and oxygen atoms in total. The third kappa shape index (κ3) is 6.51. The van der Waals surface area contributed by atoms with Crippen molar-refractivity contribution in [2.45, 2.75) is 39.5 Å². The van der Waals surface area contributed by atoms with E-state index in [-0.39, 0.29) is 28.2 Å². The molecule has 0 radical (unpaired) electrons. The molecule has 0 spiro atoms. The van der Waals surface area contributed by atoms with Gasteiger partial charge in [0.2, 0.25) is 0 Å². The maximum absolute atomic E-state index is 12.1. The second kappa shape index (κ2) is 11.6. The lowest BCUT2D eigenvalue weighted by Crippen LogP contribution is -2.24. The molecule has 0 atom stereocenters. The van der Waals surface area contributed by atoms with Crippen molar-refractivity contribution < 1.29 is 14.6 Å². The molecule has 0 aliphatic carbocycles. The second-order valence-corrected chi connectivity index (χ2v) is 7.77. The molecule has 1 aromatic heterocycles. The second-order valence-electron chi connectivity index (χ2n) is 7.36. The Bertz CT molecular complexity index is 1010. The van der Waals surface area contributed by atoms with Crippen molar-refractivity contribution >= 4 is 22.6 Å². The van der Waals surface area contributed by atoms with Gasteiger partial charge in [-0.25, -0.2) is 0 Å². The lowest BCUT2D eigenvalue weighted by molar-refractivity contribution is 0.277. The van der Waals surface area contributed by atoms with E-state index in [0.717, 1.165) is 6.07 Å². The van der Waals surface area contributed by atoms with Crippen LogP contribution in [0.3, 0.4) is 0 Å². The highest BCUT2D eigenvalue weighted by molar-refractivity contribution is 6.33. The minimum absolute atomic E-state index is 0.0265. The Hall–Kier alpha value is -2.50. The van der Waals surface area contributed by atoms with E-state index in [2.05, 4.69) is 25.8 Å². The van der Waals surface area contributed by atoms with Crippen molar-refractivity contribution in [1.29, 1.82) is 0 Å². The van der Waals surface area contributed by atoms with E-state index in [9.17, 15) is 15.0 Å². The molecule has 30 heavy (non-hydrogen) atoms. The van der Waals surface area contributed by atoms with Gasteiger partial charge in [-0.05, 0) is 45.1 Å². The maximum atomic E-state index is 12.1. The van der Waals surface area contributed by atoms with E-state index >= 15 is 0 Å². The average Bonchev–Trinajstić information content (AvgIpc) is 2.69. The molecule has 2 N–H and O–H groups in total. The minimum atomic E-state index is -0.404. The number of hydrogen-bond donors (Lipinski definition) is 2. The zero-order valence-corrected chi connectivity index (χ0v) is 18.6. The third-order valence-corrected chi connectivity index (χ3v) is 4.84. The molecule has 1 aliphatic rings. The van der Waals surface area contributed by atoms with Crippen molar-refractivity contribution in [3.63, 3.8) is 0 Å². The SMILES string of the molecule is CCC.CN1CCCCC1.O=c1cc(-c2ccccc2Cl)oc2cc(O)cc(O)c12. The molecule has 3 aromatic rings. The summed E-state index contributed by atoms with van der Waals surface area (Å²) in [6, 6.07) is 10.6. The quantitative estimate of drug-likeness (QED) is 0.491. The van der Waals surface area contributed by atoms with Crippen LogP contribution in [0.2, 0.25) is 5.02 Å². The first-order valence-electron chi connectivity index (χ1n) is 10.3. The van der Waals surface area contributed by atoms with E-state index in [1.165, 1.54) is 50.9 Å². The number of hydrogen-bond acceptors (Lipinski definition) is 5. The van der Waals surface area contributed by atoms with Crippen LogP contribution in [0.25, 0.3) is 22.3 Å². The monoisotopic (exact) mass is 431 g/mol. The van der Waals surface area contributed by atoms with Crippen molar-refractivity contribution in [3.8, 4) is 22.8 Å². The average molecular weight is 432 g/mol. The molecule has 1 fully saturated rings. The highest BCUT2D eigenvalue weighted by Crippen LogP contribution is 2.32. The van der Waals surface area contributed by atoms with Gasteiger partial charge in [-0.2, -0.15) is 0 Å². The lowest BCUT2D eigenvalue weighted by Gasteiger charge is -2.20. The Morgan fingerprint density at radius 1 is 1.03 bits per heavy atom. The standard InChI is InChI=1S/C15H9ClO4.C6H13N.C3H8/c16-10-4-2-1-3-9(10)13-7-12(19)15-11(18)5-8(17)6-14(15)20-13;1-7-5-3-2-4-6-7;1-3-2/h1-7,17-18H;2-6H2,1H3;3H2,1-2H3. The Kier molecular flexibility index (Phi) is 9.21. The fourth-order valence-corrected chi connectivity index (χ4v) is 3.33. The van der Waals surface area contributed by atoms with Crippen LogP contribution in [0.4, 0.5) is 0 Å². The number of fused-ring (bicyclic) bond motifs is 1. The topological polar surface area (TPSA) is 73.9 Å². The molecular weight excluding hydrogens is 402 g/mol. The van der Waals surface area contributed by atoms with Crippen molar-refractivity contribution in [2.75, 3.05) is 20.1 Å². The number of halogens is 1. The van der Waals surface area contributed by atoms with Gasteiger partial charge in [0, 0.05) is 23.8 Å². The summed E-state index contributed by atoms with van der Waals surface area (Å²) in [5.74, 6) is -0.230. The predicted octanol–water partition coefficient (Wildman–Crippen LogP) is 6.04. The fraction of sp³-hybridized carbons (Fsp3) is 0.375. The van der Waals surface area contributed by atoms with Gasteiger partial charge < -0.3 is 19.5 Å². The van der Waals surface area contributed by atoms with Gasteiger partial charge in [0.1, 0.15) is 28.2 Å². The van der Waals surface area contributed by atoms with Gasteiger partial charge in [0.25, 0.3) is 0 Å². The molecule has 0 bridgehead atoms. The Morgan fingerprint density at radius 3 is 2.23 bits per heavy atom. The van der Waals surface area contributed by atoms with Crippen LogP contribution in [0.15, 0.2) is 51.7 Å². The summed E-state index contributed by atoms with van der Waals surface area (Å²) in [6.45, 7) is 6.89. The van der Waals surface area contributed by atoms with E-state index < -0.39 is 5.43 Å². The fourth-order valence-electron chi connectivity index (χ4n) is 3.10. The molecule has 1 aliphatic heterocycles. The van der Waals surface area contributed by atoms with Crippen molar-refractivity contribution in [1.82, 2.24) is 4.90 Å². The molecule has 162 valence electrons. The van der Waals surface area contributed by atoms with Gasteiger partial charge in [0.15, 0.2) is 5.43 Å². The van der Waals surface area contributed by atoms with Crippen LogP contribution in [0, 0.1) is 0 Å². The summed E-state index contributed by atoms with van der Waals surface area (Å²) in [4.78, 5) is 14.5. The smallest absolute Gasteiger partial charge is 0.197 e. The van der Waals surface area contributed by atoms with Gasteiger partial charge in [-0.15, -0.1) is 0 Å². The molecule has 0 saturated carbocycles. The largest absolute Gasteiger partial charge is 0.508 e. The van der Waals surface area contributed by atoms with E-state index in [0.29, 0.717) is 10.6 Å². The van der Waals surface area contributed by atoms with Gasteiger partial charge in [0.05, 0.1) is 5.02 Å². The first-order valence-corrected chi connectivity index (χ1v) is 10.7. The number of phenols is 2. The number of benzene rings is 2. The maximum Gasteiger partial charge on any atom is 0.197 e. The summed E-state index contributed by atoms with van der Waals surface area (Å²) in [7, 11) is 2.19. The Balaban J connectivity index is 0.000000266. The molecule has 0 amide bonds. The zero-order chi connectivity index (χ0) is 22.1. The van der Waals surface area contributed by atoms with Gasteiger partial charge in [-0.1, -0.05) is 50.4 Å². The van der Waals surface area contributed by atoms with Crippen LogP contribution < -0.4 is 5.43 Å². The minimum Gasteiger partial charge on any atom is -0.508 e. The van der Waals surface area contributed by atoms with Crippen molar-refractivity contribution in [3.05, 3.63) is 57.7 Å². The molecule has 2 aromatic carbocycles. The van der Waals surface area contributed by atoms with Crippen LogP contribution >= 0.6 is 11.6 Å². The number of rotatable bonds is 1. The summed E-state index contributed by atoms with van der Waals surface area (Å²) in [6.07, 6.45) is 5.53. The molecule has 0 unspecified atom stereocenters. The van der Waals surface area contributed by atoms with Crippen LogP contribution in [-0.4, -0.2) is 35.3 Å². The van der Waals surface area contributed by atoms with Crippen molar-refractivity contribution in [2.24, 2.45) is 0 Å². The number of nitrogens with zero attached hydrogens (tertiary/aromatic N) is 1. The van der Waals surface area contributed by atoms with E-state index in [4.69, 9.17) is 16.0 Å². The predicted molar refractivity (Wildman–Crippen MR) is 124 cm³/mol. The normalized spacial score (nSPS) is 13.7. The van der Waals surface area contributed by atoms with Gasteiger partial charge >= 0.3 is 0 Å². The lowest BCUT2D eigenvalue weighted by atomic mass is 10.1. The summed E-state index contributed by atoms with van der Waals surface area (Å²) in [5, 5.41) is 19.6. The third-order valence-electron chi connectivity index (χ3n) is 4.51. The molecule has 1 saturated heterocycles. The highest BCUT2D eigenvalue weighted by Gasteiger charge is 2.13. The molecule has 2 heterocycles. The van der Waals surface area contributed by atoms with E-state index in [1.807, 2.05) is 0 Å². The Labute approximate surface area is 182 Å². The summed E-state index contributed by atoms with van der Waals surface area (Å²) in [5.41, 5.74) is 0.264. The van der Waals surface area contributed by atoms with Crippen LogP contribution in [-0.2, 0) is 0 Å². The number of phenolic OH excluding ortho intramolecular Hbond substituents is 2. The van der Waals surface area contributed by atoms with Crippen LogP contribution in [0.1, 0.15) is 39.5 Å². The number of aromatic hydroxyl groups is 2. The Morgan fingerprint density at radius 2 is 1.67 bits per heavy atom. The summed E-state index contributed by atoms with van der Waals surface area (Å²) >= 11 is 6.06. The van der Waals surface area contributed by atoms with Gasteiger partial charge in [-0.3, -0.25) is 4.79 Å². The van der Waals surface area contributed by atoms with E-state index in [1.54, 1.807) is 24.3 Å². The molecular formula is C24H30ClNO4. The number of piperidine rings is 1. The van der Waals surface area contributed by atoms with Crippen LogP contribution in [0.5, 0.6) is 11.5 Å². The first-order chi connectivity index (χ1) is 14.4. The molecule has 4 rings (SSSR count). The number of likely N-dealkylation sites (tertiary alicyclic amines) is 1. The highest BCUT2D eigenvalue weighted by atomic mass is 35.5. The zero-order valence-electron chi connectivity index (χ0n) is 17.8. The molecule has 6 heteroatoms. The first kappa shape index (κ1) is 23.8.